The van der Waals surface area contributed by atoms with Gasteiger partial charge in [0.2, 0.25) is 0 Å². The van der Waals surface area contributed by atoms with Crippen molar-refractivity contribution in [2.45, 2.75) is 0 Å². The van der Waals surface area contributed by atoms with E-state index in [4.69, 9.17) is 4.98 Å². The molecule has 0 amide bonds. The van der Waals surface area contributed by atoms with Crippen molar-refractivity contribution in [2.75, 3.05) is 0 Å². The Balaban J connectivity index is 1.70. The van der Waals surface area contributed by atoms with Crippen LogP contribution in [0, 0.1) is 0 Å². The minimum Gasteiger partial charge on any atom is -0.294 e. The number of rotatable bonds is 2. The number of hydrogen-bond donors (Lipinski definition) is 0. The molecule has 0 atom stereocenters. The van der Waals surface area contributed by atoms with Gasteiger partial charge in [-0.05, 0) is 46.8 Å². The van der Waals surface area contributed by atoms with Gasteiger partial charge >= 0.3 is 0 Å². The molecule has 0 aliphatic carbocycles. The molecular weight excluding hydrogens is 352 g/mol. The van der Waals surface area contributed by atoms with Gasteiger partial charge in [0.05, 0.1) is 11.0 Å². The van der Waals surface area contributed by atoms with Gasteiger partial charge in [-0.15, -0.1) is 0 Å². The average Bonchev–Trinajstić information content (AvgIpc) is 3.16. The van der Waals surface area contributed by atoms with Gasteiger partial charge in [-0.1, -0.05) is 78.9 Å². The Kier molecular flexibility index (Phi) is 3.50. The third-order valence-corrected chi connectivity index (χ3v) is 5.56. The van der Waals surface area contributed by atoms with Crippen LogP contribution in [0.3, 0.4) is 0 Å². The number of benzene rings is 4. The quantitative estimate of drug-likeness (QED) is 0.322. The maximum Gasteiger partial charge on any atom is 0.146 e. The van der Waals surface area contributed by atoms with E-state index in [-0.39, 0.29) is 0 Å². The Hall–Kier alpha value is -3.91. The first kappa shape index (κ1) is 16.1. The molecule has 29 heavy (non-hydrogen) atoms. The molecule has 2 heterocycles. The summed E-state index contributed by atoms with van der Waals surface area (Å²) in [5.74, 6) is 0.995. The van der Waals surface area contributed by atoms with E-state index in [2.05, 4.69) is 108 Å². The summed E-state index contributed by atoms with van der Waals surface area (Å²) >= 11 is 0. The van der Waals surface area contributed by atoms with E-state index < -0.39 is 0 Å². The number of pyridine rings is 1. The Bertz CT molecular complexity index is 1440. The molecule has 0 fully saturated rings. The summed E-state index contributed by atoms with van der Waals surface area (Å²) in [6.45, 7) is 0. The zero-order chi connectivity index (χ0) is 19.2. The molecule has 0 radical (unpaired) electrons. The molecule has 2 aliphatic rings. The van der Waals surface area contributed by atoms with Crippen molar-refractivity contribution in [1.82, 2.24) is 9.55 Å². The second-order valence-electron chi connectivity index (χ2n) is 7.32. The van der Waals surface area contributed by atoms with E-state index >= 15 is 0 Å². The monoisotopic (exact) mass is 370 g/mol. The van der Waals surface area contributed by atoms with Crippen LogP contribution in [0.1, 0.15) is 0 Å². The minimum atomic E-state index is 0.995. The molecule has 0 saturated heterocycles. The number of para-hydroxylation sites is 2. The van der Waals surface area contributed by atoms with Gasteiger partial charge in [-0.3, -0.25) is 4.57 Å². The first-order chi connectivity index (χ1) is 14.4. The third kappa shape index (κ3) is 2.54. The van der Waals surface area contributed by atoms with Crippen LogP contribution < -0.4 is 0 Å². The number of fused-ring (bicyclic) bond motifs is 4. The molecule has 0 spiro atoms. The lowest BCUT2D eigenvalue weighted by molar-refractivity contribution is 1.07. The van der Waals surface area contributed by atoms with Crippen molar-refractivity contribution in [3.8, 4) is 28.2 Å². The Labute approximate surface area is 169 Å². The Morgan fingerprint density at radius 1 is 0.586 bits per heavy atom. The smallest absolute Gasteiger partial charge is 0.146 e. The Morgan fingerprint density at radius 3 is 2.28 bits per heavy atom. The van der Waals surface area contributed by atoms with Crippen molar-refractivity contribution in [1.29, 1.82) is 0 Å². The summed E-state index contributed by atoms with van der Waals surface area (Å²) in [5.41, 5.74) is 6.92. The molecule has 136 valence electrons. The number of hydrogen-bond acceptors (Lipinski definition) is 1. The van der Waals surface area contributed by atoms with E-state index in [9.17, 15) is 0 Å². The molecule has 0 aromatic heterocycles. The summed E-state index contributed by atoms with van der Waals surface area (Å²) in [4.78, 5) is 5.01. The van der Waals surface area contributed by atoms with Crippen LogP contribution in [0.4, 0.5) is 0 Å². The number of nitrogens with zero attached hydrogens (tertiary/aromatic N) is 2. The van der Waals surface area contributed by atoms with Gasteiger partial charge < -0.3 is 0 Å². The second-order valence-corrected chi connectivity index (χ2v) is 7.32. The van der Waals surface area contributed by atoms with Crippen molar-refractivity contribution >= 4 is 21.8 Å². The van der Waals surface area contributed by atoms with Crippen molar-refractivity contribution in [2.24, 2.45) is 0 Å². The first-order valence-corrected chi connectivity index (χ1v) is 9.83. The van der Waals surface area contributed by atoms with E-state index in [1.54, 1.807) is 0 Å². The highest BCUT2D eigenvalue weighted by molar-refractivity contribution is 6.01. The van der Waals surface area contributed by atoms with Gasteiger partial charge in [0.15, 0.2) is 0 Å². The molecular formula is C27H18N2. The van der Waals surface area contributed by atoms with Crippen LogP contribution in [-0.4, -0.2) is 9.55 Å². The summed E-state index contributed by atoms with van der Waals surface area (Å²) < 4.78 is 2.29. The van der Waals surface area contributed by atoms with E-state index in [0.29, 0.717) is 0 Å². The van der Waals surface area contributed by atoms with Crippen LogP contribution in [0.15, 0.2) is 109 Å². The lowest BCUT2D eigenvalue weighted by Crippen LogP contribution is -2.03. The highest BCUT2D eigenvalue weighted by atomic mass is 15.1. The minimum absolute atomic E-state index is 0.995. The van der Waals surface area contributed by atoms with Crippen molar-refractivity contribution in [3.05, 3.63) is 109 Å². The topological polar surface area (TPSA) is 17.8 Å². The second kappa shape index (κ2) is 6.32. The summed E-state index contributed by atoms with van der Waals surface area (Å²) in [6.07, 6.45) is 0. The molecule has 0 saturated carbocycles. The predicted octanol–water partition coefficient (Wildman–Crippen LogP) is 6.95. The molecule has 4 aromatic carbocycles. The maximum atomic E-state index is 5.01. The van der Waals surface area contributed by atoms with Crippen LogP contribution in [0.25, 0.3) is 50.0 Å². The maximum absolute atomic E-state index is 5.01. The van der Waals surface area contributed by atoms with Crippen LogP contribution in [0.2, 0.25) is 0 Å². The molecule has 6 rings (SSSR count). The standard InChI is InChI=1S/C27H18N2/c1-2-9-19(10-3-1)20-12-8-13-22(17-20)29-26-16-7-4-11-21(26)18-24-23-14-5-6-15-25(23)28-27(24)29/h1-18H. The summed E-state index contributed by atoms with van der Waals surface area (Å²) in [7, 11) is 0. The zero-order valence-electron chi connectivity index (χ0n) is 15.8. The van der Waals surface area contributed by atoms with Gasteiger partial charge in [0.1, 0.15) is 5.82 Å². The molecule has 2 heteroatoms. The molecule has 2 nitrogen and oxygen atoms in total. The fourth-order valence-electron chi connectivity index (χ4n) is 4.21. The van der Waals surface area contributed by atoms with Crippen LogP contribution >= 0.6 is 0 Å². The number of aromatic nitrogens is 2. The van der Waals surface area contributed by atoms with Crippen LogP contribution in [0.5, 0.6) is 0 Å². The molecule has 4 aromatic rings. The first-order valence-electron chi connectivity index (χ1n) is 9.83. The lowest BCUT2D eigenvalue weighted by atomic mass is 10.0. The predicted molar refractivity (Wildman–Crippen MR) is 121 cm³/mol. The third-order valence-electron chi connectivity index (χ3n) is 5.56. The normalized spacial score (nSPS) is 11.4. The van der Waals surface area contributed by atoms with Crippen molar-refractivity contribution in [3.63, 3.8) is 0 Å². The molecule has 0 N–H and O–H groups in total. The summed E-state index contributed by atoms with van der Waals surface area (Å²) in [5, 5.41) is 2.41. The zero-order valence-corrected chi connectivity index (χ0v) is 15.8. The molecule has 2 aliphatic heterocycles. The SMILES string of the molecule is c1ccc(-c2cccc(-n3c4nc5ccccc5c-4cc4ccccc43)c2)cc1. The average molecular weight is 370 g/mol. The van der Waals surface area contributed by atoms with E-state index in [1.165, 1.54) is 27.5 Å². The summed E-state index contributed by atoms with van der Waals surface area (Å²) in [6, 6.07) is 38.4. The fraction of sp³-hybridized carbons (Fsp3) is 0. The molecule has 0 bridgehead atoms. The van der Waals surface area contributed by atoms with E-state index in [0.717, 1.165) is 22.5 Å². The van der Waals surface area contributed by atoms with Gasteiger partial charge in [0, 0.05) is 16.6 Å². The highest BCUT2D eigenvalue weighted by Gasteiger charge is 2.18. The lowest BCUT2D eigenvalue weighted by Gasteiger charge is -2.17. The largest absolute Gasteiger partial charge is 0.294 e. The van der Waals surface area contributed by atoms with Gasteiger partial charge in [-0.2, -0.15) is 0 Å². The molecule has 0 unspecified atom stereocenters. The highest BCUT2D eigenvalue weighted by Crippen LogP contribution is 2.37. The van der Waals surface area contributed by atoms with Gasteiger partial charge in [-0.25, -0.2) is 4.98 Å². The van der Waals surface area contributed by atoms with Crippen molar-refractivity contribution < 1.29 is 0 Å². The van der Waals surface area contributed by atoms with Crippen LogP contribution in [-0.2, 0) is 0 Å². The van der Waals surface area contributed by atoms with E-state index in [1.807, 2.05) is 6.07 Å². The fourth-order valence-corrected chi connectivity index (χ4v) is 4.21. The van der Waals surface area contributed by atoms with Gasteiger partial charge in [0.25, 0.3) is 0 Å². The Morgan fingerprint density at radius 2 is 1.34 bits per heavy atom.